The normalized spacial score (nSPS) is 10.3. The van der Waals surface area contributed by atoms with E-state index in [-0.39, 0.29) is 0 Å². The van der Waals surface area contributed by atoms with E-state index in [1.54, 1.807) is 6.07 Å². The van der Waals surface area contributed by atoms with Gasteiger partial charge in [0.2, 0.25) is 0 Å². The Kier molecular flexibility index (Phi) is 3.12. The zero-order chi connectivity index (χ0) is 9.84. The van der Waals surface area contributed by atoms with E-state index in [1.165, 1.54) is 0 Å². The number of hydrogen-bond donors (Lipinski definition) is 1. The predicted molar refractivity (Wildman–Crippen MR) is 51.1 cm³/mol. The lowest BCUT2D eigenvalue weighted by Crippen LogP contribution is -2.05. The van der Waals surface area contributed by atoms with Crippen LogP contribution in [-0.4, -0.2) is 15.6 Å². The zero-order valence-corrected chi connectivity index (χ0v) is 8.08. The molecule has 0 atom stereocenters. The maximum Gasteiger partial charge on any atom is 0.337 e. The summed E-state index contributed by atoms with van der Waals surface area (Å²) >= 11 is 0. The van der Waals surface area contributed by atoms with Crippen LogP contribution in [0, 0.1) is 0 Å². The van der Waals surface area contributed by atoms with Gasteiger partial charge in [0.05, 0.1) is 5.56 Å². The van der Waals surface area contributed by atoms with Gasteiger partial charge >= 0.3 is 5.97 Å². The zero-order valence-electron chi connectivity index (χ0n) is 8.08. The fourth-order valence-electron chi connectivity index (χ4n) is 1.51. The van der Waals surface area contributed by atoms with Gasteiger partial charge in [0.15, 0.2) is 0 Å². The second kappa shape index (κ2) is 4.12. The first kappa shape index (κ1) is 9.84. The van der Waals surface area contributed by atoms with Gasteiger partial charge in [-0.2, -0.15) is 0 Å². The molecule has 1 N–H and O–H groups in total. The van der Waals surface area contributed by atoms with Crippen LogP contribution in [0.5, 0.6) is 0 Å². The van der Waals surface area contributed by atoms with Crippen molar-refractivity contribution in [2.24, 2.45) is 0 Å². The van der Waals surface area contributed by atoms with Crippen molar-refractivity contribution < 1.29 is 9.90 Å². The van der Waals surface area contributed by atoms with Gasteiger partial charge in [-0.1, -0.05) is 13.3 Å². The minimum Gasteiger partial charge on any atom is -0.478 e. The fourth-order valence-corrected chi connectivity index (χ4v) is 1.51. The summed E-state index contributed by atoms with van der Waals surface area (Å²) in [5, 5.41) is 8.89. The van der Waals surface area contributed by atoms with Gasteiger partial charge in [0.1, 0.15) is 0 Å². The molecule has 0 aromatic carbocycles. The van der Waals surface area contributed by atoms with Crippen LogP contribution >= 0.6 is 0 Å². The van der Waals surface area contributed by atoms with Crippen molar-refractivity contribution in [1.82, 2.24) is 4.57 Å². The molecule has 3 heteroatoms. The van der Waals surface area contributed by atoms with Crippen LogP contribution in [0.3, 0.4) is 0 Å². The van der Waals surface area contributed by atoms with Crippen molar-refractivity contribution >= 4 is 5.97 Å². The molecule has 72 valence electrons. The third kappa shape index (κ3) is 1.91. The Morgan fingerprint density at radius 2 is 2.23 bits per heavy atom. The third-order valence-corrected chi connectivity index (χ3v) is 2.14. The van der Waals surface area contributed by atoms with E-state index < -0.39 is 5.97 Å². The molecule has 0 amide bonds. The molecule has 0 radical (unpaired) electrons. The van der Waals surface area contributed by atoms with Crippen molar-refractivity contribution in [3.05, 3.63) is 23.5 Å². The standard InChI is InChI=1S/C10H15NO2/c1-3-5-9-8(10(12)13)6-7-11(9)4-2/h6-7H,3-5H2,1-2H3,(H,12,13). The van der Waals surface area contributed by atoms with Crippen molar-refractivity contribution in [3.8, 4) is 0 Å². The Morgan fingerprint density at radius 1 is 1.54 bits per heavy atom. The van der Waals surface area contributed by atoms with E-state index in [1.807, 2.05) is 17.7 Å². The highest BCUT2D eigenvalue weighted by molar-refractivity contribution is 5.89. The number of nitrogens with zero attached hydrogens (tertiary/aromatic N) is 1. The molecular weight excluding hydrogens is 166 g/mol. The third-order valence-electron chi connectivity index (χ3n) is 2.14. The SMILES string of the molecule is CCCc1c(C(=O)O)ccn1CC. The summed E-state index contributed by atoms with van der Waals surface area (Å²) in [6.07, 6.45) is 3.65. The predicted octanol–water partition coefficient (Wildman–Crippen LogP) is 2.16. The highest BCUT2D eigenvalue weighted by Gasteiger charge is 2.12. The molecule has 0 saturated carbocycles. The molecule has 0 aliphatic heterocycles. The van der Waals surface area contributed by atoms with Crippen LogP contribution in [0.15, 0.2) is 12.3 Å². The maximum atomic E-state index is 10.8. The van der Waals surface area contributed by atoms with Crippen LogP contribution in [0.25, 0.3) is 0 Å². The molecule has 1 aromatic heterocycles. The lowest BCUT2D eigenvalue weighted by atomic mass is 10.1. The maximum absolute atomic E-state index is 10.8. The van der Waals surface area contributed by atoms with Crippen LogP contribution in [0.1, 0.15) is 36.3 Å². The van der Waals surface area contributed by atoms with Crippen LogP contribution < -0.4 is 0 Å². The average molecular weight is 181 g/mol. The second-order valence-electron chi connectivity index (χ2n) is 3.02. The van der Waals surface area contributed by atoms with E-state index in [0.29, 0.717) is 5.56 Å². The summed E-state index contributed by atoms with van der Waals surface area (Å²) < 4.78 is 1.99. The molecule has 3 nitrogen and oxygen atoms in total. The molecule has 0 saturated heterocycles. The van der Waals surface area contributed by atoms with E-state index in [0.717, 1.165) is 25.1 Å². The van der Waals surface area contributed by atoms with Crippen LogP contribution in [-0.2, 0) is 13.0 Å². The Bertz CT molecular complexity index is 302. The number of carboxylic acids is 1. The van der Waals surface area contributed by atoms with Crippen LogP contribution in [0.4, 0.5) is 0 Å². The number of aryl methyl sites for hydroxylation is 1. The molecule has 0 aliphatic rings. The Morgan fingerprint density at radius 3 is 2.69 bits per heavy atom. The van der Waals surface area contributed by atoms with Gasteiger partial charge in [0, 0.05) is 18.4 Å². The molecule has 0 aliphatic carbocycles. The fraction of sp³-hybridized carbons (Fsp3) is 0.500. The van der Waals surface area contributed by atoms with E-state index in [2.05, 4.69) is 6.92 Å². The molecule has 1 aromatic rings. The highest BCUT2D eigenvalue weighted by atomic mass is 16.4. The first-order valence-electron chi connectivity index (χ1n) is 4.62. The Hall–Kier alpha value is -1.25. The Balaban J connectivity index is 3.06. The topological polar surface area (TPSA) is 42.2 Å². The number of carboxylic acid groups (broad SMARTS) is 1. The summed E-state index contributed by atoms with van der Waals surface area (Å²) in [4.78, 5) is 10.8. The largest absolute Gasteiger partial charge is 0.478 e. The summed E-state index contributed by atoms with van der Waals surface area (Å²) in [7, 11) is 0. The molecule has 1 heterocycles. The van der Waals surface area contributed by atoms with E-state index in [9.17, 15) is 4.79 Å². The number of hydrogen-bond acceptors (Lipinski definition) is 1. The number of rotatable bonds is 4. The minimum atomic E-state index is -0.823. The highest BCUT2D eigenvalue weighted by Crippen LogP contribution is 2.13. The smallest absolute Gasteiger partial charge is 0.337 e. The molecule has 13 heavy (non-hydrogen) atoms. The van der Waals surface area contributed by atoms with Crippen molar-refractivity contribution in [3.63, 3.8) is 0 Å². The lowest BCUT2D eigenvalue weighted by Gasteiger charge is -2.05. The number of aromatic carboxylic acids is 1. The van der Waals surface area contributed by atoms with Gasteiger partial charge in [-0.3, -0.25) is 0 Å². The molecule has 0 bridgehead atoms. The quantitative estimate of drug-likeness (QED) is 0.773. The molecule has 0 fully saturated rings. The molecular formula is C10H15NO2. The molecule has 0 unspecified atom stereocenters. The summed E-state index contributed by atoms with van der Waals surface area (Å²) in [5.41, 5.74) is 1.39. The van der Waals surface area contributed by atoms with Gasteiger partial charge in [0.25, 0.3) is 0 Å². The summed E-state index contributed by atoms with van der Waals surface area (Å²) in [5.74, 6) is -0.823. The average Bonchev–Trinajstić information content (AvgIpc) is 2.48. The van der Waals surface area contributed by atoms with Crippen molar-refractivity contribution in [2.45, 2.75) is 33.2 Å². The van der Waals surface area contributed by atoms with E-state index >= 15 is 0 Å². The van der Waals surface area contributed by atoms with Gasteiger partial charge in [-0.25, -0.2) is 4.79 Å². The summed E-state index contributed by atoms with van der Waals surface area (Å²) in [6.45, 7) is 4.91. The first-order valence-corrected chi connectivity index (χ1v) is 4.62. The molecule has 0 spiro atoms. The molecule has 1 rings (SSSR count). The van der Waals surface area contributed by atoms with Crippen LogP contribution in [0.2, 0.25) is 0 Å². The summed E-state index contributed by atoms with van der Waals surface area (Å²) in [6, 6.07) is 1.68. The van der Waals surface area contributed by atoms with Crippen molar-refractivity contribution in [2.75, 3.05) is 0 Å². The van der Waals surface area contributed by atoms with E-state index in [4.69, 9.17) is 5.11 Å². The number of carbonyl (C=O) groups is 1. The number of aromatic nitrogens is 1. The van der Waals surface area contributed by atoms with Crippen molar-refractivity contribution in [1.29, 1.82) is 0 Å². The second-order valence-corrected chi connectivity index (χ2v) is 3.02. The monoisotopic (exact) mass is 181 g/mol. The Labute approximate surface area is 78.0 Å². The van der Waals surface area contributed by atoms with Gasteiger partial charge in [-0.05, 0) is 19.4 Å². The lowest BCUT2D eigenvalue weighted by molar-refractivity contribution is 0.0695. The minimum absolute atomic E-state index is 0.448. The van der Waals surface area contributed by atoms with Gasteiger partial charge < -0.3 is 9.67 Å². The first-order chi connectivity index (χ1) is 6.20. The van der Waals surface area contributed by atoms with Gasteiger partial charge in [-0.15, -0.1) is 0 Å².